The third-order valence-corrected chi connectivity index (χ3v) is 3.94. The largest absolute Gasteiger partial charge is 0.361 e. The molecule has 0 aliphatic rings. The second-order valence-corrected chi connectivity index (χ2v) is 5.73. The second-order valence-electron chi connectivity index (χ2n) is 5.73. The molecule has 1 atom stereocenters. The fourth-order valence-corrected chi connectivity index (χ4v) is 2.92. The Morgan fingerprint density at radius 1 is 1.27 bits per heavy atom. The van der Waals surface area contributed by atoms with Crippen molar-refractivity contribution in [1.29, 1.82) is 0 Å². The topological polar surface area (TPSA) is 86.7 Å². The van der Waals surface area contributed by atoms with Crippen LogP contribution in [0.5, 0.6) is 0 Å². The summed E-state index contributed by atoms with van der Waals surface area (Å²) in [7, 11) is 0. The summed E-state index contributed by atoms with van der Waals surface area (Å²) in [4.78, 5) is 16.8. The number of aryl methyl sites for hydroxylation is 2. The number of H-pyrrole nitrogens is 2. The molecule has 3 aromatic rings. The van der Waals surface area contributed by atoms with Gasteiger partial charge in [-0.3, -0.25) is 0 Å². The Hall–Kier alpha value is -2.34. The number of imidazole rings is 1. The monoisotopic (exact) mass is 300 g/mol. The minimum Gasteiger partial charge on any atom is -0.361 e. The summed E-state index contributed by atoms with van der Waals surface area (Å²) < 4.78 is 5.22. The summed E-state index contributed by atoms with van der Waals surface area (Å²) in [6, 6.07) is 5.92. The molecular weight excluding hydrogens is 280 g/mol. The van der Waals surface area contributed by atoms with E-state index >= 15 is 0 Å². The van der Waals surface area contributed by atoms with Crippen LogP contribution in [0.1, 0.15) is 35.4 Å². The van der Waals surface area contributed by atoms with Crippen LogP contribution in [0.4, 0.5) is 0 Å². The van der Waals surface area contributed by atoms with Gasteiger partial charge in [0.1, 0.15) is 5.76 Å². The first-order chi connectivity index (χ1) is 10.5. The number of hydrogen-bond acceptors (Lipinski definition) is 4. The lowest BCUT2D eigenvalue weighted by atomic mass is 9.99. The predicted octanol–water partition coefficient (Wildman–Crippen LogP) is 2.35. The Balaban J connectivity index is 1.63. The maximum atomic E-state index is 11.3. The van der Waals surface area contributed by atoms with E-state index in [4.69, 9.17) is 4.52 Å². The molecule has 0 saturated carbocycles. The lowest BCUT2D eigenvalue weighted by molar-refractivity contribution is 0.391. The van der Waals surface area contributed by atoms with Crippen LogP contribution in [-0.2, 0) is 6.54 Å². The van der Waals surface area contributed by atoms with E-state index < -0.39 is 0 Å². The number of aromatic amines is 2. The number of nitrogens with one attached hydrogen (secondary N) is 3. The zero-order valence-corrected chi connectivity index (χ0v) is 13.0. The first-order valence-corrected chi connectivity index (χ1v) is 7.39. The van der Waals surface area contributed by atoms with Crippen molar-refractivity contribution in [2.45, 2.75) is 33.2 Å². The molecule has 0 saturated heterocycles. The highest BCUT2D eigenvalue weighted by molar-refractivity contribution is 5.74. The van der Waals surface area contributed by atoms with Gasteiger partial charge >= 0.3 is 5.69 Å². The maximum Gasteiger partial charge on any atom is 0.323 e. The van der Waals surface area contributed by atoms with Crippen molar-refractivity contribution in [3.63, 3.8) is 0 Å². The molecule has 0 fully saturated rings. The number of aromatic nitrogens is 3. The van der Waals surface area contributed by atoms with E-state index in [-0.39, 0.29) is 5.69 Å². The van der Waals surface area contributed by atoms with Crippen molar-refractivity contribution >= 4 is 11.0 Å². The van der Waals surface area contributed by atoms with Gasteiger partial charge in [-0.1, -0.05) is 18.1 Å². The van der Waals surface area contributed by atoms with E-state index in [9.17, 15) is 4.79 Å². The Labute approximate surface area is 127 Å². The highest BCUT2D eigenvalue weighted by atomic mass is 16.5. The number of fused-ring (bicyclic) bond motifs is 1. The van der Waals surface area contributed by atoms with Gasteiger partial charge in [0, 0.05) is 18.7 Å². The van der Waals surface area contributed by atoms with Crippen molar-refractivity contribution in [3.8, 4) is 0 Å². The normalized spacial score (nSPS) is 12.9. The zero-order chi connectivity index (χ0) is 15.7. The molecule has 3 N–H and O–H groups in total. The van der Waals surface area contributed by atoms with Crippen molar-refractivity contribution in [3.05, 3.63) is 51.3 Å². The molecule has 0 bridgehead atoms. The molecule has 0 radical (unpaired) electrons. The molecule has 116 valence electrons. The highest BCUT2D eigenvalue weighted by Gasteiger charge is 2.15. The summed E-state index contributed by atoms with van der Waals surface area (Å²) in [6.45, 7) is 7.66. The van der Waals surface area contributed by atoms with Crippen LogP contribution in [0, 0.1) is 13.8 Å². The van der Waals surface area contributed by atoms with Gasteiger partial charge < -0.3 is 19.8 Å². The predicted molar refractivity (Wildman–Crippen MR) is 85.0 cm³/mol. The summed E-state index contributed by atoms with van der Waals surface area (Å²) >= 11 is 0. The average Bonchev–Trinajstić information content (AvgIpc) is 3.00. The standard InChI is InChI=1S/C16H20N4O2/c1-9(15-10(2)20-22-11(15)3)7-17-8-12-4-5-13-14(6-12)19-16(21)18-13/h4-6,9,17H,7-8H2,1-3H3,(H2,18,19,21). The second kappa shape index (κ2) is 5.81. The fourth-order valence-electron chi connectivity index (χ4n) is 2.92. The third-order valence-electron chi connectivity index (χ3n) is 3.94. The quantitative estimate of drug-likeness (QED) is 0.675. The van der Waals surface area contributed by atoms with Gasteiger partial charge in [0.25, 0.3) is 0 Å². The maximum absolute atomic E-state index is 11.3. The molecular formula is C16H20N4O2. The molecule has 1 unspecified atom stereocenters. The first-order valence-electron chi connectivity index (χ1n) is 7.39. The van der Waals surface area contributed by atoms with E-state index in [1.54, 1.807) is 0 Å². The Morgan fingerprint density at radius 3 is 2.77 bits per heavy atom. The van der Waals surface area contributed by atoms with Crippen molar-refractivity contribution in [1.82, 2.24) is 20.4 Å². The molecule has 2 heterocycles. The summed E-state index contributed by atoms with van der Waals surface area (Å²) in [5.74, 6) is 1.22. The van der Waals surface area contributed by atoms with Gasteiger partial charge in [-0.2, -0.15) is 0 Å². The van der Waals surface area contributed by atoms with E-state index in [0.717, 1.165) is 41.1 Å². The van der Waals surface area contributed by atoms with Gasteiger partial charge in [-0.05, 0) is 37.5 Å². The molecule has 3 rings (SSSR count). The summed E-state index contributed by atoms with van der Waals surface area (Å²) in [5, 5.41) is 7.44. The zero-order valence-electron chi connectivity index (χ0n) is 13.0. The molecule has 22 heavy (non-hydrogen) atoms. The molecule has 0 aliphatic carbocycles. The van der Waals surface area contributed by atoms with Gasteiger partial charge in [-0.25, -0.2) is 4.79 Å². The lowest BCUT2D eigenvalue weighted by Crippen LogP contribution is -2.20. The van der Waals surface area contributed by atoms with Crippen molar-refractivity contribution in [2.75, 3.05) is 6.54 Å². The molecule has 0 amide bonds. The molecule has 2 aromatic heterocycles. The molecule has 0 aliphatic heterocycles. The summed E-state index contributed by atoms with van der Waals surface area (Å²) in [6.07, 6.45) is 0. The molecule has 6 heteroatoms. The fraction of sp³-hybridized carbons (Fsp3) is 0.375. The SMILES string of the molecule is Cc1noc(C)c1C(C)CNCc1ccc2[nH]c(=O)[nH]c2c1. The van der Waals surface area contributed by atoms with Gasteiger partial charge in [0.15, 0.2) is 0 Å². The minimum absolute atomic E-state index is 0.174. The van der Waals surface area contributed by atoms with E-state index in [0.29, 0.717) is 5.92 Å². The Bertz CT molecular complexity index is 824. The van der Waals surface area contributed by atoms with Crippen LogP contribution >= 0.6 is 0 Å². The van der Waals surface area contributed by atoms with E-state index in [1.807, 2.05) is 32.0 Å². The third kappa shape index (κ3) is 2.82. The molecule has 1 aromatic carbocycles. The number of hydrogen-bond donors (Lipinski definition) is 3. The molecule has 6 nitrogen and oxygen atoms in total. The van der Waals surface area contributed by atoms with E-state index in [2.05, 4.69) is 27.4 Å². The van der Waals surface area contributed by atoms with Gasteiger partial charge in [0.2, 0.25) is 0 Å². The van der Waals surface area contributed by atoms with Crippen LogP contribution in [0.15, 0.2) is 27.5 Å². The number of benzene rings is 1. The summed E-state index contributed by atoms with van der Waals surface area (Å²) in [5.41, 5.74) is 4.76. The van der Waals surface area contributed by atoms with Crippen LogP contribution in [0.2, 0.25) is 0 Å². The van der Waals surface area contributed by atoms with Crippen LogP contribution in [0.25, 0.3) is 11.0 Å². The van der Waals surface area contributed by atoms with Crippen molar-refractivity contribution in [2.24, 2.45) is 0 Å². The first kappa shape index (κ1) is 14.6. The van der Waals surface area contributed by atoms with Crippen LogP contribution in [-0.4, -0.2) is 21.7 Å². The average molecular weight is 300 g/mol. The minimum atomic E-state index is -0.174. The highest BCUT2D eigenvalue weighted by Crippen LogP contribution is 2.22. The van der Waals surface area contributed by atoms with Gasteiger partial charge in [-0.15, -0.1) is 0 Å². The smallest absolute Gasteiger partial charge is 0.323 e. The Morgan fingerprint density at radius 2 is 2.05 bits per heavy atom. The number of nitrogens with zero attached hydrogens (tertiary/aromatic N) is 1. The Kier molecular flexibility index (Phi) is 3.85. The number of rotatable bonds is 5. The lowest BCUT2D eigenvalue weighted by Gasteiger charge is -2.12. The molecule has 0 spiro atoms. The van der Waals surface area contributed by atoms with Crippen molar-refractivity contribution < 1.29 is 4.52 Å². The van der Waals surface area contributed by atoms with E-state index in [1.165, 1.54) is 5.56 Å². The van der Waals surface area contributed by atoms with Crippen LogP contribution in [0.3, 0.4) is 0 Å². The van der Waals surface area contributed by atoms with Gasteiger partial charge in [0.05, 0.1) is 16.7 Å². The van der Waals surface area contributed by atoms with Crippen LogP contribution < -0.4 is 11.0 Å².